The molecule has 0 radical (unpaired) electrons. The van der Waals surface area contributed by atoms with Gasteiger partial charge in [0.05, 0.1) is 77.2 Å². The third kappa shape index (κ3) is 8.72. The van der Waals surface area contributed by atoms with E-state index >= 15 is 0 Å². The molecule has 0 saturated carbocycles. The molecule has 1 aromatic rings. The Bertz CT molecular complexity index is 960. The third-order valence-electron chi connectivity index (χ3n) is 5.62. The van der Waals surface area contributed by atoms with Gasteiger partial charge >= 0.3 is 0 Å². The Hall–Kier alpha value is -2.61. The summed E-state index contributed by atoms with van der Waals surface area (Å²) in [6, 6.07) is 3.68. The lowest BCUT2D eigenvalue weighted by atomic mass is 10.0. The van der Waals surface area contributed by atoms with Gasteiger partial charge in [0.2, 0.25) is 11.8 Å². The second-order valence-corrected chi connectivity index (χ2v) is 8.60. The zero-order valence-corrected chi connectivity index (χ0v) is 21.9. The van der Waals surface area contributed by atoms with Crippen molar-refractivity contribution in [2.75, 3.05) is 78.6 Å². The molecule has 0 aromatic heterocycles. The molecule has 1 N–H and O–H groups in total. The SMILES string of the molecule is O=C1CCC(N2C(=O)c3cccc(OCCOCCOCCOCCOCCOCCCl)c3C2=O)C(=O)N1. The van der Waals surface area contributed by atoms with E-state index in [-0.39, 0.29) is 42.9 Å². The average molecular weight is 557 g/mol. The number of carbonyl (C=O) groups excluding carboxylic acids is 4. The van der Waals surface area contributed by atoms with Crippen LogP contribution >= 0.6 is 11.6 Å². The van der Waals surface area contributed by atoms with Crippen molar-refractivity contribution in [3.05, 3.63) is 29.3 Å². The summed E-state index contributed by atoms with van der Waals surface area (Å²) in [5, 5.41) is 2.17. The Balaban J connectivity index is 1.26. The second-order valence-electron chi connectivity index (χ2n) is 8.23. The highest BCUT2D eigenvalue weighted by molar-refractivity contribution is 6.24. The van der Waals surface area contributed by atoms with Gasteiger partial charge in [0.1, 0.15) is 18.4 Å². The highest BCUT2D eigenvalue weighted by atomic mass is 35.5. The molecule has 3 rings (SSSR count). The highest BCUT2D eigenvalue weighted by Gasteiger charge is 2.45. The lowest BCUT2D eigenvalue weighted by molar-refractivity contribution is -0.136. The summed E-state index contributed by atoms with van der Waals surface area (Å²) >= 11 is 5.50. The molecule has 0 spiro atoms. The van der Waals surface area contributed by atoms with E-state index in [0.29, 0.717) is 65.3 Å². The van der Waals surface area contributed by atoms with E-state index in [1.165, 1.54) is 6.07 Å². The van der Waals surface area contributed by atoms with Crippen LogP contribution in [0.2, 0.25) is 0 Å². The topological polar surface area (TPSA) is 139 Å². The summed E-state index contributed by atoms with van der Waals surface area (Å²) in [7, 11) is 0. The first-order valence-electron chi connectivity index (χ1n) is 12.5. The van der Waals surface area contributed by atoms with E-state index in [0.717, 1.165) is 4.90 Å². The van der Waals surface area contributed by atoms with Crippen LogP contribution in [0.15, 0.2) is 18.2 Å². The summed E-state index contributed by atoms with van der Waals surface area (Å²) in [6.45, 7) is 4.46. The van der Waals surface area contributed by atoms with Gasteiger partial charge < -0.3 is 28.4 Å². The van der Waals surface area contributed by atoms with Crippen molar-refractivity contribution in [2.24, 2.45) is 0 Å². The van der Waals surface area contributed by atoms with Crippen LogP contribution in [0.1, 0.15) is 33.6 Å². The Kier molecular flexibility index (Phi) is 12.9. The zero-order chi connectivity index (χ0) is 27.2. The predicted molar refractivity (Wildman–Crippen MR) is 133 cm³/mol. The maximum Gasteiger partial charge on any atom is 0.266 e. The maximum atomic E-state index is 13.0. The molecule has 2 heterocycles. The number of ether oxygens (including phenoxy) is 6. The van der Waals surface area contributed by atoms with E-state index in [2.05, 4.69) is 5.32 Å². The minimum atomic E-state index is -1.03. The zero-order valence-electron chi connectivity index (χ0n) is 21.1. The first-order chi connectivity index (χ1) is 18.5. The van der Waals surface area contributed by atoms with Crippen molar-refractivity contribution in [1.29, 1.82) is 0 Å². The Morgan fingerprint density at radius 1 is 0.763 bits per heavy atom. The van der Waals surface area contributed by atoms with Crippen LogP contribution < -0.4 is 10.1 Å². The van der Waals surface area contributed by atoms with Crippen LogP contribution in [0.4, 0.5) is 0 Å². The molecule has 13 heteroatoms. The van der Waals surface area contributed by atoms with Gasteiger partial charge in [0.25, 0.3) is 11.8 Å². The van der Waals surface area contributed by atoms with Gasteiger partial charge in [-0.05, 0) is 18.6 Å². The lowest BCUT2D eigenvalue weighted by Crippen LogP contribution is -2.54. The number of nitrogens with one attached hydrogen (secondary N) is 1. The molecule has 1 fully saturated rings. The van der Waals surface area contributed by atoms with Crippen molar-refractivity contribution in [2.45, 2.75) is 18.9 Å². The Labute approximate surface area is 225 Å². The van der Waals surface area contributed by atoms with E-state index in [9.17, 15) is 19.2 Å². The number of hydrogen-bond donors (Lipinski definition) is 1. The van der Waals surface area contributed by atoms with Crippen molar-refractivity contribution < 1.29 is 47.6 Å². The average Bonchev–Trinajstić information content (AvgIpc) is 3.16. The van der Waals surface area contributed by atoms with Crippen molar-refractivity contribution in [1.82, 2.24) is 10.2 Å². The van der Waals surface area contributed by atoms with Crippen LogP contribution in [0.3, 0.4) is 0 Å². The molecule has 210 valence electrons. The van der Waals surface area contributed by atoms with E-state index in [1.807, 2.05) is 0 Å². The van der Waals surface area contributed by atoms with Gasteiger partial charge in [-0.3, -0.25) is 29.4 Å². The van der Waals surface area contributed by atoms with Crippen LogP contribution in [0.5, 0.6) is 5.75 Å². The number of rotatable bonds is 19. The lowest BCUT2D eigenvalue weighted by Gasteiger charge is -2.27. The largest absolute Gasteiger partial charge is 0.490 e. The number of alkyl halides is 1. The van der Waals surface area contributed by atoms with Crippen LogP contribution in [-0.2, 0) is 33.3 Å². The van der Waals surface area contributed by atoms with E-state index < -0.39 is 29.7 Å². The van der Waals surface area contributed by atoms with Gasteiger partial charge in [-0.1, -0.05) is 6.07 Å². The number of benzene rings is 1. The fourth-order valence-corrected chi connectivity index (χ4v) is 3.96. The minimum Gasteiger partial charge on any atom is -0.490 e. The fraction of sp³-hybridized carbons (Fsp3) is 0.600. The van der Waals surface area contributed by atoms with Crippen molar-refractivity contribution in [3.63, 3.8) is 0 Å². The standard InChI is InChI=1S/C25H33ClN2O10/c26-6-7-33-8-9-34-10-11-35-12-13-36-14-15-37-16-17-38-20-3-1-2-18-22(20)25(32)28(24(18)31)19-4-5-21(29)27-23(19)30/h1-3,19H,4-17H2,(H,27,29,30). The normalized spacial score (nSPS) is 17.2. The number of imide groups is 2. The summed E-state index contributed by atoms with van der Waals surface area (Å²) in [5.74, 6) is -1.57. The summed E-state index contributed by atoms with van der Waals surface area (Å²) < 4.78 is 32.5. The molecule has 1 saturated heterocycles. The van der Waals surface area contributed by atoms with Gasteiger partial charge in [-0.25, -0.2) is 0 Å². The van der Waals surface area contributed by atoms with Crippen molar-refractivity contribution >= 4 is 35.2 Å². The highest BCUT2D eigenvalue weighted by Crippen LogP contribution is 2.33. The predicted octanol–water partition coefficient (Wildman–Crippen LogP) is 0.788. The van der Waals surface area contributed by atoms with Gasteiger partial charge in [-0.15, -0.1) is 11.6 Å². The quantitative estimate of drug-likeness (QED) is 0.148. The van der Waals surface area contributed by atoms with Gasteiger partial charge in [0, 0.05) is 12.3 Å². The van der Waals surface area contributed by atoms with Crippen LogP contribution in [-0.4, -0.2) is 113 Å². The number of amides is 4. The summed E-state index contributed by atoms with van der Waals surface area (Å²) in [6.07, 6.45) is 0.150. The molecule has 2 aliphatic rings. The molecule has 0 aliphatic carbocycles. The Morgan fingerprint density at radius 3 is 1.87 bits per heavy atom. The molecule has 1 aromatic carbocycles. The molecule has 38 heavy (non-hydrogen) atoms. The van der Waals surface area contributed by atoms with E-state index in [4.69, 9.17) is 40.0 Å². The number of piperidine rings is 1. The number of fused-ring (bicyclic) bond motifs is 1. The maximum absolute atomic E-state index is 13.0. The van der Waals surface area contributed by atoms with Crippen LogP contribution in [0.25, 0.3) is 0 Å². The molecule has 1 unspecified atom stereocenters. The molecule has 4 amide bonds. The molecule has 2 aliphatic heterocycles. The number of carbonyl (C=O) groups is 4. The molecule has 1 atom stereocenters. The number of nitrogens with zero attached hydrogens (tertiary/aromatic N) is 1. The fourth-order valence-electron chi connectivity index (χ4n) is 3.85. The van der Waals surface area contributed by atoms with Gasteiger partial charge in [-0.2, -0.15) is 0 Å². The first kappa shape index (κ1) is 29.9. The molecular weight excluding hydrogens is 524 g/mol. The van der Waals surface area contributed by atoms with E-state index in [1.54, 1.807) is 12.1 Å². The molecular formula is C25H33ClN2O10. The molecule has 0 bridgehead atoms. The first-order valence-corrected chi connectivity index (χ1v) is 13.0. The van der Waals surface area contributed by atoms with Gasteiger partial charge in [0.15, 0.2) is 0 Å². The van der Waals surface area contributed by atoms with Crippen LogP contribution in [0, 0.1) is 0 Å². The minimum absolute atomic E-state index is 0.0580. The second kappa shape index (κ2) is 16.4. The third-order valence-corrected chi connectivity index (χ3v) is 5.78. The summed E-state index contributed by atoms with van der Waals surface area (Å²) in [5.41, 5.74) is 0.271. The molecule has 12 nitrogen and oxygen atoms in total. The Morgan fingerprint density at radius 2 is 1.32 bits per heavy atom. The van der Waals surface area contributed by atoms with Crippen molar-refractivity contribution in [3.8, 4) is 5.75 Å². The number of hydrogen-bond acceptors (Lipinski definition) is 10. The smallest absolute Gasteiger partial charge is 0.266 e. The summed E-state index contributed by atoms with van der Waals surface area (Å²) in [4.78, 5) is 50.4. The monoisotopic (exact) mass is 556 g/mol. The number of halogens is 1.